The highest BCUT2D eigenvalue weighted by atomic mass is 15.1. The second-order valence-electron chi connectivity index (χ2n) is 4.21. The maximum Gasteiger partial charge on any atom is 0.0564 e. The van der Waals surface area contributed by atoms with Gasteiger partial charge in [0.2, 0.25) is 0 Å². The van der Waals surface area contributed by atoms with Crippen molar-refractivity contribution in [3.05, 3.63) is 24.0 Å². The van der Waals surface area contributed by atoms with Gasteiger partial charge in [-0.05, 0) is 31.0 Å². The van der Waals surface area contributed by atoms with Gasteiger partial charge in [0.05, 0.1) is 5.69 Å². The van der Waals surface area contributed by atoms with E-state index in [-0.39, 0.29) is 0 Å². The fourth-order valence-electron chi connectivity index (χ4n) is 1.98. The molecule has 0 spiro atoms. The summed E-state index contributed by atoms with van der Waals surface area (Å²) in [6, 6.07) is 3.79. The first kappa shape index (κ1) is 9.46. The number of nitrogens with two attached hydrogens (primary N) is 1. The number of hydrogen-bond acceptors (Lipinski definition) is 3. The third-order valence-corrected chi connectivity index (χ3v) is 2.73. The quantitative estimate of drug-likeness (QED) is 0.770. The van der Waals surface area contributed by atoms with Crippen LogP contribution >= 0.6 is 0 Å². The van der Waals surface area contributed by atoms with E-state index in [1.54, 1.807) is 6.20 Å². The van der Waals surface area contributed by atoms with Gasteiger partial charge in [0.15, 0.2) is 0 Å². The first-order valence-corrected chi connectivity index (χ1v) is 5.17. The number of hydrogen-bond donors (Lipinski definition) is 1. The van der Waals surface area contributed by atoms with E-state index < -0.39 is 0 Å². The summed E-state index contributed by atoms with van der Waals surface area (Å²) in [4.78, 5) is 6.74. The van der Waals surface area contributed by atoms with Crippen molar-refractivity contribution in [1.29, 1.82) is 0 Å². The molecule has 1 aliphatic heterocycles. The standard InChI is InChI=1S/C11H17N3/c1-9-3-5-14(7-9)8-11-6-10(12)2-4-13-11/h2,4,6,9H,3,5,7-8H2,1H3,(H2,12,13). The van der Waals surface area contributed by atoms with Crippen LogP contribution in [0.3, 0.4) is 0 Å². The average Bonchev–Trinajstić information content (AvgIpc) is 2.51. The molecule has 2 N–H and O–H groups in total. The van der Waals surface area contributed by atoms with Gasteiger partial charge < -0.3 is 5.73 Å². The first-order valence-electron chi connectivity index (χ1n) is 5.17. The molecule has 0 amide bonds. The molecule has 2 rings (SSSR count). The predicted octanol–water partition coefficient (Wildman–Crippen LogP) is 1.51. The molecule has 1 aliphatic rings. The molecule has 2 heterocycles. The van der Waals surface area contributed by atoms with Crippen LogP contribution in [0, 0.1) is 5.92 Å². The topological polar surface area (TPSA) is 42.1 Å². The Morgan fingerprint density at radius 1 is 1.64 bits per heavy atom. The van der Waals surface area contributed by atoms with Gasteiger partial charge in [-0.25, -0.2) is 0 Å². The number of likely N-dealkylation sites (tertiary alicyclic amines) is 1. The van der Waals surface area contributed by atoms with Crippen molar-refractivity contribution in [2.75, 3.05) is 18.8 Å². The van der Waals surface area contributed by atoms with Crippen molar-refractivity contribution in [2.45, 2.75) is 19.9 Å². The predicted molar refractivity (Wildman–Crippen MR) is 57.7 cm³/mol. The molecule has 0 aromatic carbocycles. The van der Waals surface area contributed by atoms with E-state index in [0.29, 0.717) is 0 Å². The molecule has 0 radical (unpaired) electrons. The zero-order valence-electron chi connectivity index (χ0n) is 8.61. The lowest BCUT2D eigenvalue weighted by Crippen LogP contribution is -2.20. The molecule has 1 aromatic rings. The van der Waals surface area contributed by atoms with Crippen molar-refractivity contribution >= 4 is 5.69 Å². The normalized spacial score (nSPS) is 22.8. The molecule has 76 valence electrons. The lowest BCUT2D eigenvalue weighted by Gasteiger charge is -2.14. The van der Waals surface area contributed by atoms with Crippen molar-refractivity contribution < 1.29 is 0 Å². The zero-order chi connectivity index (χ0) is 9.97. The summed E-state index contributed by atoms with van der Waals surface area (Å²) < 4.78 is 0. The highest BCUT2D eigenvalue weighted by molar-refractivity contribution is 5.37. The molecule has 1 fully saturated rings. The number of anilines is 1. The smallest absolute Gasteiger partial charge is 0.0564 e. The number of pyridine rings is 1. The fourth-order valence-corrected chi connectivity index (χ4v) is 1.98. The molecular weight excluding hydrogens is 174 g/mol. The Labute approximate surface area is 84.9 Å². The minimum atomic E-state index is 0.808. The van der Waals surface area contributed by atoms with E-state index in [4.69, 9.17) is 5.73 Å². The van der Waals surface area contributed by atoms with E-state index in [1.165, 1.54) is 19.5 Å². The summed E-state index contributed by atoms with van der Waals surface area (Å²) in [5, 5.41) is 0. The van der Waals surface area contributed by atoms with E-state index in [2.05, 4.69) is 16.8 Å². The zero-order valence-corrected chi connectivity index (χ0v) is 8.61. The van der Waals surface area contributed by atoms with Crippen LogP contribution in [0.1, 0.15) is 19.0 Å². The second kappa shape index (κ2) is 3.96. The molecular formula is C11H17N3. The third-order valence-electron chi connectivity index (χ3n) is 2.73. The second-order valence-corrected chi connectivity index (χ2v) is 4.21. The summed E-state index contributed by atoms with van der Waals surface area (Å²) in [6.07, 6.45) is 3.09. The van der Waals surface area contributed by atoms with Gasteiger partial charge in [-0.1, -0.05) is 6.92 Å². The van der Waals surface area contributed by atoms with Gasteiger partial charge in [-0.3, -0.25) is 9.88 Å². The van der Waals surface area contributed by atoms with E-state index in [1.807, 2.05) is 12.1 Å². The lowest BCUT2D eigenvalue weighted by atomic mass is 10.2. The number of nitrogens with zero attached hydrogens (tertiary/aromatic N) is 2. The molecule has 1 saturated heterocycles. The molecule has 3 heteroatoms. The Morgan fingerprint density at radius 2 is 2.50 bits per heavy atom. The monoisotopic (exact) mass is 191 g/mol. The number of aromatic nitrogens is 1. The van der Waals surface area contributed by atoms with Gasteiger partial charge in [-0.2, -0.15) is 0 Å². The van der Waals surface area contributed by atoms with E-state index >= 15 is 0 Å². The van der Waals surface area contributed by atoms with Gasteiger partial charge in [0.25, 0.3) is 0 Å². The van der Waals surface area contributed by atoms with E-state index in [9.17, 15) is 0 Å². The molecule has 1 aromatic heterocycles. The van der Waals surface area contributed by atoms with E-state index in [0.717, 1.165) is 23.8 Å². The van der Waals surface area contributed by atoms with Crippen molar-refractivity contribution in [2.24, 2.45) is 5.92 Å². The molecule has 0 aliphatic carbocycles. The summed E-state index contributed by atoms with van der Waals surface area (Å²) in [7, 11) is 0. The Bertz CT molecular complexity index is 311. The Hall–Kier alpha value is -1.09. The van der Waals surface area contributed by atoms with Gasteiger partial charge >= 0.3 is 0 Å². The van der Waals surface area contributed by atoms with Crippen LogP contribution < -0.4 is 5.73 Å². The molecule has 1 unspecified atom stereocenters. The molecule has 1 atom stereocenters. The highest BCUT2D eigenvalue weighted by Crippen LogP contribution is 2.17. The minimum absolute atomic E-state index is 0.808. The third kappa shape index (κ3) is 2.23. The van der Waals surface area contributed by atoms with Gasteiger partial charge in [0.1, 0.15) is 0 Å². The van der Waals surface area contributed by atoms with Crippen molar-refractivity contribution in [1.82, 2.24) is 9.88 Å². The molecule has 3 nitrogen and oxygen atoms in total. The van der Waals surface area contributed by atoms with Crippen LogP contribution in [0.15, 0.2) is 18.3 Å². The van der Waals surface area contributed by atoms with Gasteiger partial charge in [0, 0.05) is 25.0 Å². The minimum Gasteiger partial charge on any atom is -0.399 e. The van der Waals surface area contributed by atoms with Crippen molar-refractivity contribution in [3.8, 4) is 0 Å². The Morgan fingerprint density at radius 3 is 3.14 bits per heavy atom. The van der Waals surface area contributed by atoms with Crippen LogP contribution in [0.4, 0.5) is 5.69 Å². The number of rotatable bonds is 2. The molecule has 0 bridgehead atoms. The lowest BCUT2D eigenvalue weighted by molar-refractivity contribution is 0.316. The van der Waals surface area contributed by atoms with Crippen LogP contribution in [0.5, 0.6) is 0 Å². The summed E-state index contributed by atoms with van der Waals surface area (Å²) >= 11 is 0. The summed E-state index contributed by atoms with van der Waals surface area (Å²) in [5.74, 6) is 0.830. The van der Waals surface area contributed by atoms with Crippen LogP contribution in [0.25, 0.3) is 0 Å². The summed E-state index contributed by atoms with van der Waals surface area (Å²) in [6.45, 7) is 5.62. The Balaban J connectivity index is 1.97. The van der Waals surface area contributed by atoms with Gasteiger partial charge in [-0.15, -0.1) is 0 Å². The molecule has 0 saturated carbocycles. The Kier molecular flexibility index (Phi) is 2.68. The van der Waals surface area contributed by atoms with Crippen molar-refractivity contribution in [3.63, 3.8) is 0 Å². The van der Waals surface area contributed by atoms with Crippen LogP contribution in [0.2, 0.25) is 0 Å². The first-order chi connectivity index (χ1) is 6.74. The fraction of sp³-hybridized carbons (Fsp3) is 0.545. The largest absolute Gasteiger partial charge is 0.399 e. The number of nitrogen functional groups attached to an aromatic ring is 1. The van der Waals surface area contributed by atoms with Crippen LogP contribution in [-0.4, -0.2) is 23.0 Å². The maximum atomic E-state index is 5.70. The average molecular weight is 191 g/mol. The maximum absolute atomic E-state index is 5.70. The summed E-state index contributed by atoms with van der Waals surface area (Å²) in [5.41, 5.74) is 7.59. The highest BCUT2D eigenvalue weighted by Gasteiger charge is 2.18. The van der Waals surface area contributed by atoms with Crippen LogP contribution in [-0.2, 0) is 6.54 Å². The SMILES string of the molecule is CC1CCN(Cc2cc(N)ccn2)C1. The molecule has 14 heavy (non-hydrogen) atoms.